The molecule has 2 atom stereocenters. The fourth-order valence-corrected chi connectivity index (χ4v) is 3.65. The Kier molecular flexibility index (Phi) is 3.31. The SMILES string of the molecule is CCCCC1=N[C@H]2CCCC[C@H]2S1. The van der Waals surface area contributed by atoms with Crippen LogP contribution in [-0.4, -0.2) is 16.3 Å². The molecule has 1 aliphatic carbocycles. The summed E-state index contributed by atoms with van der Waals surface area (Å²) in [5.41, 5.74) is 0. The zero-order valence-electron chi connectivity index (χ0n) is 8.46. The Labute approximate surface area is 85.4 Å². The fourth-order valence-electron chi connectivity index (χ4n) is 2.20. The van der Waals surface area contributed by atoms with Gasteiger partial charge in [0.2, 0.25) is 0 Å². The Hall–Kier alpha value is 0.0200. The van der Waals surface area contributed by atoms with E-state index in [-0.39, 0.29) is 0 Å². The van der Waals surface area contributed by atoms with Crippen molar-refractivity contribution in [2.75, 3.05) is 0 Å². The average molecular weight is 197 g/mol. The lowest BCUT2D eigenvalue weighted by Gasteiger charge is -2.21. The summed E-state index contributed by atoms with van der Waals surface area (Å²) < 4.78 is 0. The molecule has 0 unspecified atom stereocenters. The molecule has 0 bridgehead atoms. The van der Waals surface area contributed by atoms with Crippen molar-refractivity contribution in [2.24, 2.45) is 4.99 Å². The minimum atomic E-state index is 0.700. The van der Waals surface area contributed by atoms with Gasteiger partial charge in [0, 0.05) is 5.25 Å². The van der Waals surface area contributed by atoms with Crippen molar-refractivity contribution in [3.8, 4) is 0 Å². The van der Waals surface area contributed by atoms with Gasteiger partial charge in [0.1, 0.15) is 0 Å². The largest absolute Gasteiger partial charge is 0.278 e. The van der Waals surface area contributed by atoms with E-state index in [1.54, 1.807) is 0 Å². The Morgan fingerprint density at radius 3 is 3.00 bits per heavy atom. The van der Waals surface area contributed by atoms with Crippen LogP contribution in [0.15, 0.2) is 4.99 Å². The van der Waals surface area contributed by atoms with Gasteiger partial charge in [-0.1, -0.05) is 26.2 Å². The molecule has 2 heteroatoms. The predicted octanol–water partition coefficient (Wildman–Crippen LogP) is 3.63. The highest BCUT2D eigenvalue weighted by Crippen LogP contribution is 2.38. The summed E-state index contributed by atoms with van der Waals surface area (Å²) in [6, 6.07) is 0.700. The van der Waals surface area contributed by atoms with Gasteiger partial charge < -0.3 is 0 Å². The number of hydrogen-bond acceptors (Lipinski definition) is 2. The maximum atomic E-state index is 4.83. The van der Waals surface area contributed by atoms with Crippen LogP contribution in [-0.2, 0) is 0 Å². The van der Waals surface area contributed by atoms with Crippen LogP contribution in [0, 0.1) is 0 Å². The number of aliphatic imine (C=N–C) groups is 1. The highest BCUT2D eigenvalue weighted by Gasteiger charge is 2.31. The molecule has 0 aromatic carbocycles. The molecule has 0 spiro atoms. The molecule has 74 valence electrons. The van der Waals surface area contributed by atoms with Crippen molar-refractivity contribution in [3.05, 3.63) is 0 Å². The summed E-state index contributed by atoms with van der Waals surface area (Å²) in [5, 5.41) is 2.32. The van der Waals surface area contributed by atoms with Gasteiger partial charge in [-0.05, 0) is 25.7 Å². The molecule has 0 aromatic heterocycles. The van der Waals surface area contributed by atoms with Gasteiger partial charge in [-0.15, -0.1) is 11.8 Å². The van der Waals surface area contributed by atoms with Crippen molar-refractivity contribution < 1.29 is 0 Å². The maximum Gasteiger partial charge on any atom is 0.0683 e. The van der Waals surface area contributed by atoms with Gasteiger partial charge >= 0.3 is 0 Å². The van der Waals surface area contributed by atoms with Crippen LogP contribution in [0.1, 0.15) is 51.9 Å². The summed E-state index contributed by atoms with van der Waals surface area (Å²) in [6.07, 6.45) is 9.48. The molecule has 1 aliphatic heterocycles. The first-order valence-corrected chi connectivity index (χ1v) is 6.51. The Bertz CT molecular complexity index is 200. The molecule has 0 aromatic rings. The Balaban J connectivity index is 1.86. The van der Waals surface area contributed by atoms with E-state index in [2.05, 4.69) is 18.7 Å². The molecular formula is C11H19NS. The first-order chi connectivity index (χ1) is 6.40. The lowest BCUT2D eigenvalue weighted by atomic mass is 9.95. The van der Waals surface area contributed by atoms with Crippen LogP contribution in [0.5, 0.6) is 0 Å². The van der Waals surface area contributed by atoms with Crippen molar-refractivity contribution in [1.29, 1.82) is 0 Å². The standard InChI is InChI=1S/C11H19NS/c1-2-3-8-11-12-9-6-4-5-7-10(9)13-11/h9-10H,2-8H2,1H3/t9-,10+/m0/s1. The number of nitrogens with zero attached hydrogens (tertiary/aromatic N) is 1. The molecule has 1 fully saturated rings. The molecule has 0 amide bonds. The summed E-state index contributed by atoms with van der Waals surface area (Å²) >= 11 is 2.08. The quantitative estimate of drug-likeness (QED) is 0.673. The first-order valence-electron chi connectivity index (χ1n) is 5.63. The molecule has 1 saturated carbocycles. The van der Waals surface area contributed by atoms with Crippen molar-refractivity contribution >= 4 is 16.8 Å². The molecule has 1 heterocycles. The van der Waals surface area contributed by atoms with Gasteiger partial charge in [-0.2, -0.15) is 0 Å². The third-order valence-corrected chi connectivity index (χ3v) is 4.44. The number of rotatable bonds is 3. The monoisotopic (exact) mass is 197 g/mol. The fraction of sp³-hybridized carbons (Fsp3) is 0.909. The molecule has 0 N–H and O–H groups in total. The lowest BCUT2D eigenvalue weighted by molar-refractivity contribution is 0.461. The third kappa shape index (κ3) is 2.28. The summed E-state index contributed by atoms with van der Waals surface area (Å²) in [6.45, 7) is 2.26. The van der Waals surface area contributed by atoms with Gasteiger partial charge in [0.15, 0.2) is 0 Å². The molecular weight excluding hydrogens is 178 g/mol. The van der Waals surface area contributed by atoms with Crippen LogP contribution in [0.2, 0.25) is 0 Å². The summed E-state index contributed by atoms with van der Waals surface area (Å²) in [7, 11) is 0. The van der Waals surface area contributed by atoms with Crippen molar-refractivity contribution in [2.45, 2.75) is 63.2 Å². The van der Waals surface area contributed by atoms with E-state index in [0.29, 0.717) is 6.04 Å². The van der Waals surface area contributed by atoms with E-state index < -0.39 is 0 Å². The van der Waals surface area contributed by atoms with E-state index in [0.717, 1.165) is 5.25 Å². The maximum absolute atomic E-state index is 4.83. The number of thioether (sulfide) groups is 1. The predicted molar refractivity (Wildman–Crippen MR) is 60.6 cm³/mol. The number of fused-ring (bicyclic) bond motifs is 1. The minimum Gasteiger partial charge on any atom is -0.278 e. The molecule has 2 rings (SSSR count). The molecule has 13 heavy (non-hydrogen) atoms. The molecule has 0 saturated heterocycles. The van der Waals surface area contributed by atoms with Gasteiger partial charge in [0.05, 0.1) is 11.1 Å². The topological polar surface area (TPSA) is 12.4 Å². The van der Waals surface area contributed by atoms with Crippen LogP contribution >= 0.6 is 11.8 Å². The first kappa shape index (κ1) is 9.57. The third-order valence-electron chi connectivity index (χ3n) is 3.01. The second-order valence-electron chi connectivity index (χ2n) is 4.13. The molecule has 1 nitrogen and oxygen atoms in total. The van der Waals surface area contributed by atoms with E-state index in [4.69, 9.17) is 4.99 Å². The average Bonchev–Trinajstić information content (AvgIpc) is 2.57. The summed E-state index contributed by atoms with van der Waals surface area (Å²) in [5.74, 6) is 0. The van der Waals surface area contributed by atoms with Gasteiger partial charge in [-0.3, -0.25) is 4.99 Å². The molecule has 0 radical (unpaired) electrons. The van der Waals surface area contributed by atoms with Gasteiger partial charge in [0.25, 0.3) is 0 Å². The van der Waals surface area contributed by atoms with Crippen LogP contribution in [0.4, 0.5) is 0 Å². The number of hydrogen-bond donors (Lipinski definition) is 0. The zero-order chi connectivity index (χ0) is 9.10. The van der Waals surface area contributed by atoms with Gasteiger partial charge in [-0.25, -0.2) is 0 Å². The smallest absolute Gasteiger partial charge is 0.0683 e. The van der Waals surface area contributed by atoms with Crippen molar-refractivity contribution in [1.82, 2.24) is 0 Å². The second-order valence-corrected chi connectivity index (χ2v) is 5.45. The highest BCUT2D eigenvalue weighted by atomic mass is 32.2. The van der Waals surface area contributed by atoms with E-state index in [1.807, 2.05) is 0 Å². The van der Waals surface area contributed by atoms with E-state index >= 15 is 0 Å². The van der Waals surface area contributed by atoms with Crippen LogP contribution in [0.25, 0.3) is 0 Å². The summed E-state index contributed by atoms with van der Waals surface area (Å²) in [4.78, 5) is 4.83. The normalized spacial score (nSPS) is 32.8. The molecule has 2 aliphatic rings. The van der Waals surface area contributed by atoms with E-state index in [1.165, 1.54) is 50.0 Å². The minimum absolute atomic E-state index is 0.700. The second kappa shape index (κ2) is 4.50. The van der Waals surface area contributed by atoms with Crippen LogP contribution in [0.3, 0.4) is 0 Å². The van der Waals surface area contributed by atoms with Crippen LogP contribution < -0.4 is 0 Å². The number of unbranched alkanes of at least 4 members (excludes halogenated alkanes) is 1. The Morgan fingerprint density at radius 2 is 2.23 bits per heavy atom. The van der Waals surface area contributed by atoms with E-state index in [9.17, 15) is 0 Å². The zero-order valence-corrected chi connectivity index (χ0v) is 9.28. The highest BCUT2D eigenvalue weighted by molar-refractivity contribution is 8.14. The Morgan fingerprint density at radius 1 is 1.38 bits per heavy atom. The lowest BCUT2D eigenvalue weighted by Crippen LogP contribution is -2.21. The van der Waals surface area contributed by atoms with Crippen molar-refractivity contribution in [3.63, 3.8) is 0 Å².